The molecule has 0 aromatic heterocycles. The molecule has 0 saturated carbocycles. The standard InChI is InChI=1S/C9H17N3O4/c1-12(2)9(16)11-6-5-10-7(13)3-4-8(14)15/h3-6H2,1-2H3,(H,10,13)(H,11,16)(H,14,15). The lowest BCUT2D eigenvalue weighted by Crippen LogP contribution is -2.39. The number of aliphatic carboxylic acids is 1. The molecule has 16 heavy (non-hydrogen) atoms. The number of carbonyl (C=O) groups is 3. The summed E-state index contributed by atoms with van der Waals surface area (Å²) in [7, 11) is 3.22. The smallest absolute Gasteiger partial charge is 0.316 e. The topological polar surface area (TPSA) is 98.7 Å². The van der Waals surface area contributed by atoms with E-state index in [1.807, 2.05) is 0 Å². The van der Waals surface area contributed by atoms with Crippen molar-refractivity contribution >= 4 is 17.9 Å². The van der Waals surface area contributed by atoms with Crippen molar-refractivity contribution in [2.45, 2.75) is 12.8 Å². The van der Waals surface area contributed by atoms with Crippen LogP contribution in [-0.4, -0.2) is 55.1 Å². The molecule has 0 atom stereocenters. The third-order valence-corrected chi connectivity index (χ3v) is 1.70. The number of urea groups is 1. The van der Waals surface area contributed by atoms with Gasteiger partial charge in [0.05, 0.1) is 6.42 Å². The predicted molar refractivity (Wildman–Crippen MR) is 57.0 cm³/mol. The monoisotopic (exact) mass is 231 g/mol. The molecule has 7 nitrogen and oxygen atoms in total. The molecular weight excluding hydrogens is 214 g/mol. The quantitative estimate of drug-likeness (QED) is 0.523. The number of carbonyl (C=O) groups excluding carboxylic acids is 2. The van der Waals surface area contributed by atoms with E-state index in [0.29, 0.717) is 6.54 Å². The third-order valence-electron chi connectivity index (χ3n) is 1.70. The number of nitrogens with zero attached hydrogens (tertiary/aromatic N) is 1. The molecule has 0 aromatic rings. The van der Waals surface area contributed by atoms with Crippen LogP contribution in [0.4, 0.5) is 4.79 Å². The predicted octanol–water partition coefficient (Wildman–Crippen LogP) is -0.761. The summed E-state index contributed by atoms with van der Waals surface area (Å²) in [5, 5.41) is 13.4. The molecule has 0 radical (unpaired) electrons. The van der Waals surface area contributed by atoms with E-state index in [0.717, 1.165) is 0 Å². The van der Waals surface area contributed by atoms with Gasteiger partial charge < -0.3 is 20.6 Å². The molecule has 0 aliphatic rings. The maximum absolute atomic E-state index is 11.0. The van der Waals surface area contributed by atoms with Gasteiger partial charge >= 0.3 is 12.0 Å². The van der Waals surface area contributed by atoms with Gasteiger partial charge in [0.15, 0.2) is 0 Å². The van der Waals surface area contributed by atoms with E-state index in [-0.39, 0.29) is 31.3 Å². The van der Waals surface area contributed by atoms with Crippen LogP contribution in [0.15, 0.2) is 0 Å². The second kappa shape index (κ2) is 7.49. The third kappa shape index (κ3) is 7.60. The van der Waals surface area contributed by atoms with Crippen LogP contribution in [0.25, 0.3) is 0 Å². The molecule has 0 bridgehead atoms. The summed E-state index contributed by atoms with van der Waals surface area (Å²) in [6.07, 6.45) is -0.229. The Morgan fingerprint density at radius 2 is 1.62 bits per heavy atom. The van der Waals surface area contributed by atoms with E-state index in [1.54, 1.807) is 14.1 Å². The molecule has 0 saturated heterocycles. The Balaban J connectivity index is 3.48. The molecule has 0 aromatic carbocycles. The van der Waals surface area contributed by atoms with Gasteiger partial charge in [-0.05, 0) is 0 Å². The molecule has 3 amide bonds. The molecule has 0 heterocycles. The lowest BCUT2D eigenvalue weighted by atomic mass is 10.3. The lowest BCUT2D eigenvalue weighted by molar-refractivity contribution is -0.138. The molecule has 0 spiro atoms. The maximum Gasteiger partial charge on any atom is 0.316 e. The van der Waals surface area contributed by atoms with Gasteiger partial charge in [0.1, 0.15) is 0 Å². The van der Waals surface area contributed by atoms with Crippen molar-refractivity contribution in [3.05, 3.63) is 0 Å². The first-order valence-electron chi connectivity index (χ1n) is 4.87. The molecule has 0 aliphatic heterocycles. The average Bonchev–Trinajstić information content (AvgIpc) is 2.20. The highest BCUT2D eigenvalue weighted by molar-refractivity contribution is 5.80. The zero-order chi connectivity index (χ0) is 12.6. The minimum atomic E-state index is -1.00. The minimum absolute atomic E-state index is 0.0447. The highest BCUT2D eigenvalue weighted by Gasteiger charge is 2.05. The number of nitrogens with one attached hydrogen (secondary N) is 2. The Morgan fingerprint density at radius 1 is 1.06 bits per heavy atom. The lowest BCUT2D eigenvalue weighted by Gasteiger charge is -2.11. The summed E-state index contributed by atoms with van der Waals surface area (Å²) in [5.74, 6) is -1.34. The first kappa shape index (κ1) is 14.2. The van der Waals surface area contributed by atoms with Gasteiger partial charge in [0, 0.05) is 33.6 Å². The Kier molecular flexibility index (Phi) is 6.66. The summed E-state index contributed by atoms with van der Waals surface area (Å²) in [5.41, 5.74) is 0. The van der Waals surface area contributed by atoms with Crippen LogP contribution in [0.2, 0.25) is 0 Å². The first-order chi connectivity index (χ1) is 7.43. The van der Waals surface area contributed by atoms with Gasteiger partial charge in [-0.2, -0.15) is 0 Å². The normalized spacial score (nSPS) is 9.38. The zero-order valence-corrected chi connectivity index (χ0v) is 9.45. The number of amides is 3. The van der Waals surface area contributed by atoms with Gasteiger partial charge in [-0.3, -0.25) is 9.59 Å². The van der Waals surface area contributed by atoms with Crippen LogP contribution in [0.3, 0.4) is 0 Å². The van der Waals surface area contributed by atoms with E-state index >= 15 is 0 Å². The summed E-state index contributed by atoms with van der Waals surface area (Å²) in [6, 6.07) is -0.236. The molecular formula is C9H17N3O4. The molecule has 92 valence electrons. The number of carboxylic acid groups (broad SMARTS) is 1. The summed E-state index contributed by atoms with van der Waals surface area (Å²) in [4.78, 5) is 33.6. The fourth-order valence-electron chi connectivity index (χ4n) is 0.838. The SMILES string of the molecule is CN(C)C(=O)NCCNC(=O)CCC(=O)O. The van der Waals surface area contributed by atoms with Gasteiger partial charge in [0.2, 0.25) is 5.91 Å². The Bertz CT molecular complexity index is 265. The maximum atomic E-state index is 11.0. The van der Waals surface area contributed by atoms with Crippen molar-refractivity contribution in [3.63, 3.8) is 0 Å². The van der Waals surface area contributed by atoms with Crippen molar-refractivity contribution in [2.75, 3.05) is 27.2 Å². The summed E-state index contributed by atoms with van der Waals surface area (Å²) < 4.78 is 0. The molecule has 7 heteroatoms. The molecule has 0 rings (SSSR count). The largest absolute Gasteiger partial charge is 0.481 e. The second-order valence-corrected chi connectivity index (χ2v) is 3.37. The van der Waals surface area contributed by atoms with Crippen LogP contribution in [0, 0.1) is 0 Å². The number of hydrogen-bond donors (Lipinski definition) is 3. The molecule has 3 N–H and O–H groups in total. The van der Waals surface area contributed by atoms with Crippen molar-refractivity contribution in [2.24, 2.45) is 0 Å². The summed E-state index contributed by atoms with van der Waals surface area (Å²) in [6.45, 7) is 0.605. The van der Waals surface area contributed by atoms with Crippen LogP contribution < -0.4 is 10.6 Å². The highest BCUT2D eigenvalue weighted by atomic mass is 16.4. The Hall–Kier alpha value is -1.79. The van der Waals surface area contributed by atoms with Gasteiger partial charge in [-0.1, -0.05) is 0 Å². The van der Waals surface area contributed by atoms with Crippen molar-refractivity contribution in [1.29, 1.82) is 0 Å². The van der Waals surface area contributed by atoms with Gasteiger partial charge in [-0.15, -0.1) is 0 Å². The van der Waals surface area contributed by atoms with Crippen LogP contribution in [0.5, 0.6) is 0 Å². The Morgan fingerprint density at radius 3 is 2.12 bits per heavy atom. The van der Waals surface area contributed by atoms with Crippen LogP contribution in [-0.2, 0) is 9.59 Å². The van der Waals surface area contributed by atoms with E-state index in [2.05, 4.69) is 10.6 Å². The fraction of sp³-hybridized carbons (Fsp3) is 0.667. The average molecular weight is 231 g/mol. The number of hydrogen-bond acceptors (Lipinski definition) is 3. The number of carboxylic acids is 1. The van der Waals surface area contributed by atoms with Gasteiger partial charge in [-0.25, -0.2) is 4.79 Å². The molecule has 0 aliphatic carbocycles. The van der Waals surface area contributed by atoms with Crippen molar-refractivity contribution in [1.82, 2.24) is 15.5 Å². The Labute approximate surface area is 93.8 Å². The van der Waals surface area contributed by atoms with E-state index in [9.17, 15) is 14.4 Å². The van der Waals surface area contributed by atoms with Gasteiger partial charge in [0.25, 0.3) is 0 Å². The van der Waals surface area contributed by atoms with E-state index in [4.69, 9.17) is 5.11 Å². The fourth-order valence-corrected chi connectivity index (χ4v) is 0.838. The van der Waals surface area contributed by atoms with E-state index in [1.165, 1.54) is 4.90 Å². The van der Waals surface area contributed by atoms with Crippen LogP contribution >= 0.6 is 0 Å². The van der Waals surface area contributed by atoms with Crippen LogP contribution in [0.1, 0.15) is 12.8 Å². The van der Waals surface area contributed by atoms with E-state index < -0.39 is 5.97 Å². The molecule has 0 fully saturated rings. The number of rotatable bonds is 6. The highest BCUT2D eigenvalue weighted by Crippen LogP contribution is 1.87. The zero-order valence-electron chi connectivity index (χ0n) is 9.45. The second-order valence-electron chi connectivity index (χ2n) is 3.37. The first-order valence-corrected chi connectivity index (χ1v) is 4.87. The summed E-state index contributed by atoms with van der Waals surface area (Å²) >= 11 is 0. The minimum Gasteiger partial charge on any atom is -0.481 e. The molecule has 0 unspecified atom stereocenters. The van der Waals surface area contributed by atoms with Crippen molar-refractivity contribution in [3.8, 4) is 0 Å². The van der Waals surface area contributed by atoms with Crippen molar-refractivity contribution < 1.29 is 19.5 Å².